The summed E-state index contributed by atoms with van der Waals surface area (Å²) in [7, 11) is 1.93. The minimum Gasteiger partial charge on any atom is -0.381 e. The molecule has 0 aliphatic heterocycles. The number of benzene rings is 1. The Morgan fingerprint density at radius 3 is 2.69 bits per heavy atom. The second kappa shape index (κ2) is 4.39. The van der Waals surface area contributed by atoms with E-state index >= 15 is 0 Å². The summed E-state index contributed by atoms with van der Waals surface area (Å²) < 4.78 is 1.82. The zero-order chi connectivity index (χ0) is 11.5. The van der Waals surface area contributed by atoms with Crippen molar-refractivity contribution in [2.75, 3.05) is 5.32 Å². The third-order valence-corrected chi connectivity index (χ3v) is 2.76. The first-order valence-corrected chi connectivity index (χ1v) is 5.44. The van der Waals surface area contributed by atoms with Crippen molar-refractivity contribution < 1.29 is 0 Å². The molecule has 0 bridgehead atoms. The van der Waals surface area contributed by atoms with Crippen molar-refractivity contribution in [2.45, 2.75) is 20.4 Å². The molecule has 0 saturated heterocycles. The molecule has 1 aromatic carbocycles. The molecule has 16 heavy (non-hydrogen) atoms. The highest BCUT2D eigenvalue weighted by Crippen LogP contribution is 2.14. The Labute approximate surface area is 96.1 Å². The van der Waals surface area contributed by atoms with Crippen molar-refractivity contribution >= 4 is 5.69 Å². The van der Waals surface area contributed by atoms with Gasteiger partial charge in [-0.05, 0) is 37.1 Å². The molecule has 0 aliphatic carbocycles. The van der Waals surface area contributed by atoms with Crippen LogP contribution in [0.4, 0.5) is 5.69 Å². The topological polar surface area (TPSA) is 29.9 Å². The number of nitrogens with zero attached hydrogens (tertiary/aromatic N) is 2. The maximum atomic E-state index is 4.14. The van der Waals surface area contributed by atoms with Gasteiger partial charge in [-0.3, -0.25) is 4.68 Å². The summed E-state index contributed by atoms with van der Waals surface area (Å²) in [5.41, 5.74) is 5.00. The molecule has 0 radical (unpaired) electrons. The third-order valence-electron chi connectivity index (χ3n) is 2.76. The largest absolute Gasteiger partial charge is 0.381 e. The van der Waals surface area contributed by atoms with Crippen molar-refractivity contribution in [3.63, 3.8) is 0 Å². The summed E-state index contributed by atoms with van der Waals surface area (Å²) in [5, 5.41) is 7.53. The maximum Gasteiger partial charge on any atom is 0.0539 e. The zero-order valence-electron chi connectivity index (χ0n) is 9.99. The van der Waals surface area contributed by atoms with Crippen molar-refractivity contribution in [1.82, 2.24) is 9.78 Å². The fourth-order valence-electron chi connectivity index (χ4n) is 1.62. The first kappa shape index (κ1) is 10.7. The van der Waals surface area contributed by atoms with Crippen molar-refractivity contribution in [3.8, 4) is 0 Å². The van der Waals surface area contributed by atoms with Crippen LogP contribution in [0, 0.1) is 13.8 Å². The summed E-state index contributed by atoms with van der Waals surface area (Å²) in [6, 6.07) is 6.42. The number of aryl methyl sites for hydroxylation is 3. The predicted octanol–water partition coefficient (Wildman–Crippen LogP) is 2.65. The molecule has 0 fully saturated rings. The number of hydrogen-bond donors (Lipinski definition) is 1. The second-order valence-electron chi connectivity index (χ2n) is 4.17. The Hall–Kier alpha value is -1.77. The minimum atomic E-state index is 0.816. The van der Waals surface area contributed by atoms with Crippen molar-refractivity contribution in [2.24, 2.45) is 7.05 Å². The van der Waals surface area contributed by atoms with Gasteiger partial charge in [0.1, 0.15) is 0 Å². The van der Waals surface area contributed by atoms with Gasteiger partial charge in [-0.15, -0.1) is 0 Å². The van der Waals surface area contributed by atoms with Gasteiger partial charge >= 0.3 is 0 Å². The molecular formula is C13H17N3. The SMILES string of the molecule is Cc1ccc(NCc2cnn(C)c2)cc1C. The Kier molecular flexibility index (Phi) is 2.95. The molecule has 0 amide bonds. The molecular weight excluding hydrogens is 198 g/mol. The van der Waals surface area contributed by atoms with E-state index in [9.17, 15) is 0 Å². The van der Waals surface area contributed by atoms with E-state index in [0.717, 1.165) is 12.2 Å². The lowest BCUT2D eigenvalue weighted by Gasteiger charge is -2.07. The fourth-order valence-corrected chi connectivity index (χ4v) is 1.62. The van der Waals surface area contributed by atoms with E-state index < -0.39 is 0 Å². The van der Waals surface area contributed by atoms with Crippen LogP contribution in [0.5, 0.6) is 0 Å². The molecule has 3 nitrogen and oxygen atoms in total. The summed E-state index contributed by atoms with van der Waals surface area (Å²) in [6.07, 6.45) is 3.90. The summed E-state index contributed by atoms with van der Waals surface area (Å²) in [6.45, 7) is 5.07. The molecule has 1 N–H and O–H groups in total. The zero-order valence-corrected chi connectivity index (χ0v) is 9.99. The van der Waals surface area contributed by atoms with E-state index in [1.807, 2.05) is 24.1 Å². The van der Waals surface area contributed by atoms with E-state index in [4.69, 9.17) is 0 Å². The fraction of sp³-hybridized carbons (Fsp3) is 0.308. The second-order valence-corrected chi connectivity index (χ2v) is 4.17. The van der Waals surface area contributed by atoms with Gasteiger partial charge in [0.2, 0.25) is 0 Å². The van der Waals surface area contributed by atoms with Crippen LogP contribution in [-0.2, 0) is 13.6 Å². The molecule has 0 aliphatic rings. The molecule has 84 valence electrons. The van der Waals surface area contributed by atoms with Crippen LogP contribution in [0.2, 0.25) is 0 Å². The Morgan fingerprint density at radius 1 is 1.25 bits per heavy atom. The van der Waals surface area contributed by atoms with Crippen LogP contribution < -0.4 is 5.32 Å². The number of nitrogens with one attached hydrogen (secondary N) is 1. The molecule has 0 saturated carbocycles. The summed E-state index contributed by atoms with van der Waals surface area (Å²) >= 11 is 0. The van der Waals surface area contributed by atoms with E-state index in [0.29, 0.717) is 0 Å². The smallest absolute Gasteiger partial charge is 0.0539 e. The summed E-state index contributed by atoms with van der Waals surface area (Å²) in [4.78, 5) is 0. The van der Waals surface area contributed by atoms with Crippen LogP contribution in [-0.4, -0.2) is 9.78 Å². The number of aromatic nitrogens is 2. The number of hydrogen-bond acceptors (Lipinski definition) is 2. The molecule has 1 heterocycles. The van der Waals surface area contributed by atoms with Crippen molar-refractivity contribution in [3.05, 3.63) is 47.3 Å². The first-order valence-electron chi connectivity index (χ1n) is 5.44. The quantitative estimate of drug-likeness (QED) is 0.853. The Morgan fingerprint density at radius 2 is 2.06 bits per heavy atom. The number of rotatable bonds is 3. The van der Waals surface area contributed by atoms with Gasteiger partial charge in [-0.25, -0.2) is 0 Å². The van der Waals surface area contributed by atoms with Crippen LogP contribution in [0.1, 0.15) is 16.7 Å². The molecule has 2 rings (SSSR count). The molecule has 3 heteroatoms. The highest BCUT2D eigenvalue weighted by molar-refractivity contribution is 5.48. The highest BCUT2D eigenvalue weighted by Gasteiger charge is 1.98. The van der Waals surface area contributed by atoms with Gasteiger partial charge in [0.05, 0.1) is 6.20 Å². The van der Waals surface area contributed by atoms with Gasteiger partial charge in [0.25, 0.3) is 0 Å². The van der Waals surface area contributed by atoms with Crippen molar-refractivity contribution in [1.29, 1.82) is 0 Å². The van der Waals surface area contributed by atoms with Gasteiger partial charge in [0, 0.05) is 31.0 Å². The van der Waals surface area contributed by atoms with Gasteiger partial charge in [-0.2, -0.15) is 5.10 Å². The van der Waals surface area contributed by atoms with E-state index in [-0.39, 0.29) is 0 Å². The first-order chi connectivity index (χ1) is 7.65. The van der Waals surface area contributed by atoms with Crippen LogP contribution in [0.3, 0.4) is 0 Å². The average molecular weight is 215 g/mol. The van der Waals surface area contributed by atoms with Crippen LogP contribution >= 0.6 is 0 Å². The highest BCUT2D eigenvalue weighted by atomic mass is 15.2. The third kappa shape index (κ3) is 2.42. The Bertz CT molecular complexity index is 486. The molecule has 0 atom stereocenters. The normalized spacial score (nSPS) is 10.4. The molecule has 0 spiro atoms. The maximum absolute atomic E-state index is 4.14. The van der Waals surface area contributed by atoms with Crippen LogP contribution in [0.15, 0.2) is 30.6 Å². The molecule has 2 aromatic rings. The lowest BCUT2D eigenvalue weighted by atomic mass is 10.1. The van der Waals surface area contributed by atoms with Gasteiger partial charge < -0.3 is 5.32 Å². The standard InChI is InChI=1S/C13H17N3/c1-10-4-5-13(6-11(10)2)14-7-12-8-15-16(3)9-12/h4-6,8-9,14H,7H2,1-3H3. The average Bonchev–Trinajstić information content (AvgIpc) is 2.66. The lowest BCUT2D eigenvalue weighted by Crippen LogP contribution is -1.99. The molecule has 0 unspecified atom stereocenters. The minimum absolute atomic E-state index is 0.816. The van der Waals surface area contributed by atoms with E-state index in [2.05, 4.69) is 42.5 Å². The Balaban J connectivity index is 2.02. The monoisotopic (exact) mass is 215 g/mol. The van der Waals surface area contributed by atoms with Gasteiger partial charge in [0.15, 0.2) is 0 Å². The summed E-state index contributed by atoms with van der Waals surface area (Å²) in [5.74, 6) is 0. The lowest BCUT2D eigenvalue weighted by molar-refractivity contribution is 0.767. The number of anilines is 1. The molecule has 1 aromatic heterocycles. The van der Waals surface area contributed by atoms with Crippen LogP contribution in [0.25, 0.3) is 0 Å². The predicted molar refractivity (Wildman–Crippen MR) is 66.5 cm³/mol. The van der Waals surface area contributed by atoms with E-state index in [1.54, 1.807) is 0 Å². The van der Waals surface area contributed by atoms with E-state index in [1.165, 1.54) is 16.7 Å². The van der Waals surface area contributed by atoms with Gasteiger partial charge in [-0.1, -0.05) is 6.07 Å².